The lowest BCUT2D eigenvalue weighted by Gasteiger charge is -2.27. The minimum absolute atomic E-state index is 0.205. The van der Waals surface area contributed by atoms with Crippen molar-refractivity contribution in [3.8, 4) is 0 Å². The van der Waals surface area contributed by atoms with E-state index in [0.29, 0.717) is 35.5 Å². The maximum absolute atomic E-state index is 11.2. The molecule has 0 saturated carbocycles. The van der Waals surface area contributed by atoms with Crippen LogP contribution >= 0.6 is 0 Å². The molecule has 0 unspecified atom stereocenters. The largest absolute Gasteiger partial charge is 0.338 e. The van der Waals surface area contributed by atoms with Crippen molar-refractivity contribution in [1.82, 2.24) is 20.3 Å². The SMILES string of the molecule is O=S(=O)(O)c1ccc(N=Nc2ccc(Nc3nc(Cc4ccc(N=Nc5ccccc5)cc4)nc(N4CCNCC4)n3)cc2)cc1. The van der Waals surface area contributed by atoms with Gasteiger partial charge in [-0.25, -0.2) is 0 Å². The van der Waals surface area contributed by atoms with Crippen molar-refractivity contribution in [2.45, 2.75) is 11.3 Å². The highest BCUT2D eigenvalue weighted by atomic mass is 32.2. The molecule has 1 aromatic heterocycles. The Morgan fingerprint density at radius 2 is 1.24 bits per heavy atom. The summed E-state index contributed by atoms with van der Waals surface area (Å²) >= 11 is 0. The molecule has 13 nitrogen and oxygen atoms in total. The van der Waals surface area contributed by atoms with Crippen LogP contribution in [0.4, 0.5) is 40.3 Å². The Balaban J connectivity index is 1.16. The van der Waals surface area contributed by atoms with Crippen LogP contribution in [-0.4, -0.2) is 54.1 Å². The maximum Gasteiger partial charge on any atom is 0.294 e. The van der Waals surface area contributed by atoms with Gasteiger partial charge in [0.15, 0.2) is 0 Å². The normalized spacial score (nSPS) is 13.8. The first-order chi connectivity index (χ1) is 22.4. The van der Waals surface area contributed by atoms with Crippen LogP contribution in [-0.2, 0) is 16.5 Å². The van der Waals surface area contributed by atoms with E-state index in [1.165, 1.54) is 24.3 Å². The highest BCUT2D eigenvalue weighted by Crippen LogP contribution is 2.24. The van der Waals surface area contributed by atoms with Gasteiger partial charge in [-0.3, -0.25) is 4.55 Å². The molecule has 1 fully saturated rings. The van der Waals surface area contributed by atoms with Crippen LogP contribution in [0.1, 0.15) is 11.4 Å². The lowest BCUT2D eigenvalue weighted by Crippen LogP contribution is -2.44. The molecule has 5 aromatic rings. The van der Waals surface area contributed by atoms with E-state index in [2.05, 4.69) is 36.0 Å². The van der Waals surface area contributed by atoms with Crippen LogP contribution in [0.3, 0.4) is 0 Å². The molecule has 0 radical (unpaired) electrons. The predicted octanol–water partition coefficient (Wildman–Crippen LogP) is 6.69. The molecule has 0 spiro atoms. The number of aromatic nitrogens is 3. The molecule has 0 amide bonds. The summed E-state index contributed by atoms with van der Waals surface area (Å²) in [5, 5.41) is 23.6. The number of nitrogens with zero attached hydrogens (tertiary/aromatic N) is 8. The minimum Gasteiger partial charge on any atom is -0.338 e. The molecule has 0 aliphatic carbocycles. The summed E-state index contributed by atoms with van der Waals surface area (Å²) in [6, 6.07) is 30.1. The Hall–Kier alpha value is -5.44. The number of rotatable bonds is 10. The number of azo groups is 2. The number of hydrogen-bond donors (Lipinski definition) is 3. The Kier molecular flexibility index (Phi) is 9.38. The van der Waals surface area contributed by atoms with Gasteiger partial charge in [-0.15, -0.1) is 0 Å². The summed E-state index contributed by atoms with van der Waals surface area (Å²) in [5.74, 6) is 1.68. The van der Waals surface area contributed by atoms with E-state index >= 15 is 0 Å². The summed E-state index contributed by atoms with van der Waals surface area (Å²) in [6.45, 7) is 3.29. The fraction of sp³-hybridized carbons (Fsp3) is 0.156. The van der Waals surface area contributed by atoms with Gasteiger partial charge in [0.2, 0.25) is 11.9 Å². The molecule has 4 aromatic carbocycles. The second-order valence-electron chi connectivity index (χ2n) is 10.3. The lowest BCUT2D eigenvalue weighted by molar-refractivity contribution is 0.483. The van der Waals surface area contributed by atoms with Crippen molar-refractivity contribution in [3.05, 3.63) is 115 Å². The van der Waals surface area contributed by atoms with Gasteiger partial charge in [0.1, 0.15) is 5.82 Å². The van der Waals surface area contributed by atoms with E-state index in [-0.39, 0.29) is 4.90 Å². The van der Waals surface area contributed by atoms with Gasteiger partial charge in [0.25, 0.3) is 10.1 Å². The Labute approximate surface area is 266 Å². The quantitative estimate of drug-likeness (QED) is 0.112. The first-order valence-corrected chi connectivity index (χ1v) is 15.9. The van der Waals surface area contributed by atoms with Crippen LogP contribution in [0.2, 0.25) is 0 Å². The van der Waals surface area contributed by atoms with Crippen molar-refractivity contribution in [3.63, 3.8) is 0 Å². The van der Waals surface area contributed by atoms with Crippen LogP contribution in [0, 0.1) is 0 Å². The minimum atomic E-state index is -4.26. The fourth-order valence-corrected chi connectivity index (χ4v) is 5.04. The van der Waals surface area contributed by atoms with Crippen LogP contribution in [0.15, 0.2) is 128 Å². The number of benzene rings is 4. The second-order valence-corrected chi connectivity index (χ2v) is 11.8. The molecule has 14 heteroatoms. The van der Waals surface area contributed by atoms with Gasteiger partial charge in [0.05, 0.1) is 27.6 Å². The first-order valence-electron chi connectivity index (χ1n) is 14.5. The van der Waals surface area contributed by atoms with Crippen molar-refractivity contribution in [2.75, 3.05) is 36.4 Å². The molecule has 0 atom stereocenters. The van der Waals surface area contributed by atoms with E-state index in [0.717, 1.165) is 48.8 Å². The second kappa shape index (κ2) is 14.1. The van der Waals surface area contributed by atoms with Crippen LogP contribution in [0.5, 0.6) is 0 Å². The molecular weight excluding hydrogens is 604 g/mol. The van der Waals surface area contributed by atoms with Crippen molar-refractivity contribution in [2.24, 2.45) is 20.5 Å². The monoisotopic (exact) mass is 634 g/mol. The van der Waals surface area contributed by atoms with E-state index < -0.39 is 10.1 Å². The summed E-state index contributed by atoms with van der Waals surface area (Å²) < 4.78 is 31.6. The molecule has 6 rings (SSSR count). The number of hydrogen-bond acceptors (Lipinski definition) is 12. The summed E-state index contributed by atoms with van der Waals surface area (Å²) in [6.07, 6.45) is 0.511. The first kappa shape index (κ1) is 30.6. The highest BCUT2D eigenvalue weighted by Gasteiger charge is 2.17. The molecule has 46 heavy (non-hydrogen) atoms. The molecular formula is C32H30N10O3S. The molecule has 232 valence electrons. The number of piperazine rings is 1. The molecule has 1 aliphatic rings. The Morgan fingerprint density at radius 3 is 1.83 bits per heavy atom. The summed E-state index contributed by atoms with van der Waals surface area (Å²) in [7, 11) is -4.26. The zero-order valence-corrected chi connectivity index (χ0v) is 25.4. The van der Waals surface area contributed by atoms with E-state index in [9.17, 15) is 8.42 Å². The van der Waals surface area contributed by atoms with Crippen molar-refractivity contribution >= 4 is 50.5 Å². The zero-order chi connectivity index (χ0) is 31.8. The molecule has 2 heterocycles. The molecule has 1 saturated heterocycles. The average Bonchev–Trinajstić information content (AvgIpc) is 3.08. The predicted molar refractivity (Wildman–Crippen MR) is 175 cm³/mol. The third-order valence-corrected chi connectivity index (χ3v) is 7.81. The lowest BCUT2D eigenvalue weighted by atomic mass is 10.1. The zero-order valence-electron chi connectivity index (χ0n) is 24.6. The Bertz CT molecular complexity index is 1930. The standard InChI is InChI=1S/C32H30N10O3S/c43-46(44,45)29-16-14-28(15-17-29)41-40-27-12-10-24(11-13-27)34-31-35-30(36-32(37-31)42-20-18-33-19-21-42)22-23-6-8-26(9-7-23)39-38-25-4-2-1-3-5-25/h1-17,33H,18-22H2,(H,43,44,45)(H,34,35,36,37). The molecule has 3 N–H and O–H groups in total. The third kappa shape index (κ3) is 8.38. The number of anilines is 3. The Morgan fingerprint density at radius 1 is 0.696 bits per heavy atom. The van der Waals surface area contributed by atoms with Crippen molar-refractivity contribution < 1.29 is 13.0 Å². The summed E-state index contributed by atoms with van der Waals surface area (Å²) in [4.78, 5) is 16.2. The van der Waals surface area contributed by atoms with Gasteiger partial charge >= 0.3 is 0 Å². The van der Waals surface area contributed by atoms with E-state index in [4.69, 9.17) is 19.5 Å². The maximum atomic E-state index is 11.2. The average molecular weight is 635 g/mol. The summed E-state index contributed by atoms with van der Waals surface area (Å²) in [5.41, 5.74) is 4.37. The van der Waals surface area contributed by atoms with Gasteiger partial charge < -0.3 is 15.5 Å². The van der Waals surface area contributed by atoms with Gasteiger partial charge in [-0.05, 0) is 78.4 Å². The van der Waals surface area contributed by atoms with Gasteiger partial charge in [0, 0.05) is 38.3 Å². The highest BCUT2D eigenvalue weighted by molar-refractivity contribution is 7.85. The molecule has 0 bridgehead atoms. The molecule has 1 aliphatic heterocycles. The van der Waals surface area contributed by atoms with E-state index in [1.807, 2.05) is 66.7 Å². The van der Waals surface area contributed by atoms with E-state index in [1.54, 1.807) is 12.1 Å². The topological polar surface area (TPSA) is 170 Å². The van der Waals surface area contributed by atoms with Crippen molar-refractivity contribution in [1.29, 1.82) is 0 Å². The van der Waals surface area contributed by atoms with Crippen LogP contribution < -0.4 is 15.5 Å². The van der Waals surface area contributed by atoms with Gasteiger partial charge in [-0.2, -0.15) is 43.8 Å². The smallest absolute Gasteiger partial charge is 0.294 e. The fourth-order valence-electron chi connectivity index (χ4n) is 4.56. The van der Waals surface area contributed by atoms with Gasteiger partial charge in [-0.1, -0.05) is 30.3 Å². The van der Waals surface area contributed by atoms with Crippen LogP contribution in [0.25, 0.3) is 0 Å². The third-order valence-electron chi connectivity index (χ3n) is 6.94. The number of nitrogens with one attached hydrogen (secondary N) is 2.